The quantitative estimate of drug-likeness (QED) is 0.708. The summed E-state index contributed by atoms with van der Waals surface area (Å²) < 4.78 is 40.0. The number of halogens is 1. The summed E-state index contributed by atoms with van der Waals surface area (Å²) in [5, 5.41) is 4.27. The standard InChI is InChI=1S/C20H19FN2O3S/c1-23(14-20(24)22-13-17-8-4-5-9-19(17)21)27(25,26)18-11-10-15-6-2-3-7-16(15)12-18/h2-12H,13-14H2,1H3,(H,22,24). The van der Waals surface area contributed by atoms with Crippen molar-refractivity contribution in [3.63, 3.8) is 0 Å². The molecule has 0 fully saturated rings. The number of fused-ring (bicyclic) bond motifs is 1. The number of hydrogen-bond acceptors (Lipinski definition) is 3. The molecule has 7 heteroatoms. The van der Waals surface area contributed by atoms with Crippen molar-refractivity contribution in [1.82, 2.24) is 9.62 Å². The number of amides is 1. The third-order valence-electron chi connectivity index (χ3n) is 4.23. The molecular formula is C20H19FN2O3S. The van der Waals surface area contributed by atoms with Crippen molar-refractivity contribution >= 4 is 26.7 Å². The molecule has 0 bridgehead atoms. The third-order valence-corrected chi connectivity index (χ3v) is 6.03. The second-order valence-corrected chi connectivity index (χ2v) is 8.18. The Bertz CT molecular complexity index is 1080. The number of benzene rings is 3. The van der Waals surface area contributed by atoms with Gasteiger partial charge in [-0.1, -0.05) is 48.5 Å². The van der Waals surface area contributed by atoms with E-state index in [-0.39, 0.29) is 18.0 Å². The smallest absolute Gasteiger partial charge is 0.243 e. The lowest BCUT2D eigenvalue weighted by molar-refractivity contribution is -0.121. The fraction of sp³-hybridized carbons (Fsp3) is 0.150. The van der Waals surface area contributed by atoms with E-state index < -0.39 is 21.7 Å². The lowest BCUT2D eigenvalue weighted by Crippen LogP contribution is -2.38. The maximum atomic E-state index is 13.6. The molecule has 0 aliphatic heterocycles. The van der Waals surface area contributed by atoms with Crippen molar-refractivity contribution < 1.29 is 17.6 Å². The minimum Gasteiger partial charge on any atom is -0.351 e. The molecule has 1 N–H and O–H groups in total. The molecule has 3 aromatic rings. The summed E-state index contributed by atoms with van der Waals surface area (Å²) in [4.78, 5) is 12.2. The van der Waals surface area contributed by atoms with Gasteiger partial charge in [0.15, 0.2) is 0 Å². The molecule has 0 saturated carbocycles. The van der Waals surface area contributed by atoms with E-state index in [0.29, 0.717) is 5.56 Å². The van der Waals surface area contributed by atoms with E-state index in [0.717, 1.165) is 15.1 Å². The van der Waals surface area contributed by atoms with Gasteiger partial charge in [0.25, 0.3) is 0 Å². The maximum Gasteiger partial charge on any atom is 0.243 e. The van der Waals surface area contributed by atoms with Crippen LogP contribution in [0.5, 0.6) is 0 Å². The SMILES string of the molecule is CN(CC(=O)NCc1ccccc1F)S(=O)(=O)c1ccc2ccccc2c1. The molecule has 1 amide bonds. The second-order valence-electron chi connectivity index (χ2n) is 6.14. The zero-order chi connectivity index (χ0) is 19.4. The lowest BCUT2D eigenvalue weighted by atomic mass is 10.1. The number of sulfonamides is 1. The molecule has 0 saturated heterocycles. The minimum atomic E-state index is -3.82. The van der Waals surface area contributed by atoms with Gasteiger partial charge in [0.05, 0.1) is 11.4 Å². The van der Waals surface area contributed by atoms with Crippen LogP contribution in [0.4, 0.5) is 4.39 Å². The minimum absolute atomic E-state index is 0.00459. The van der Waals surface area contributed by atoms with E-state index in [4.69, 9.17) is 0 Å². The van der Waals surface area contributed by atoms with Gasteiger partial charge in [0, 0.05) is 19.2 Å². The van der Waals surface area contributed by atoms with E-state index in [1.54, 1.807) is 30.3 Å². The van der Waals surface area contributed by atoms with Gasteiger partial charge in [0.2, 0.25) is 15.9 Å². The number of hydrogen-bond donors (Lipinski definition) is 1. The number of likely N-dealkylation sites (N-methyl/N-ethyl adjacent to an activating group) is 1. The Balaban J connectivity index is 1.69. The van der Waals surface area contributed by atoms with Crippen molar-refractivity contribution in [2.24, 2.45) is 0 Å². The topological polar surface area (TPSA) is 66.5 Å². The molecule has 0 spiro atoms. The zero-order valence-electron chi connectivity index (χ0n) is 14.7. The van der Waals surface area contributed by atoms with Crippen molar-refractivity contribution in [2.75, 3.05) is 13.6 Å². The molecule has 0 aliphatic carbocycles. The highest BCUT2D eigenvalue weighted by molar-refractivity contribution is 7.89. The van der Waals surface area contributed by atoms with Crippen LogP contribution in [0.25, 0.3) is 10.8 Å². The first-order valence-electron chi connectivity index (χ1n) is 8.33. The van der Waals surface area contributed by atoms with Crippen molar-refractivity contribution in [3.05, 3.63) is 78.1 Å². The molecule has 3 aromatic carbocycles. The fourth-order valence-corrected chi connectivity index (χ4v) is 3.85. The maximum absolute atomic E-state index is 13.6. The van der Waals surface area contributed by atoms with Gasteiger partial charge in [-0.15, -0.1) is 0 Å². The number of carbonyl (C=O) groups excluding carboxylic acids is 1. The first-order chi connectivity index (χ1) is 12.9. The van der Waals surface area contributed by atoms with Crippen LogP contribution in [-0.4, -0.2) is 32.2 Å². The Labute approximate surface area is 157 Å². The summed E-state index contributed by atoms with van der Waals surface area (Å²) in [6.07, 6.45) is 0. The number of nitrogens with zero attached hydrogens (tertiary/aromatic N) is 1. The molecule has 0 atom stereocenters. The first-order valence-corrected chi connectivity index (χ1v) is 9.77. The average molecular weight is 386 g/mol. The molecular weight excluding hydrogens is 367 g/mol. The normalized spacial score (nSPS) is 11.7. The number of rotatable bonds is 6. The number of nitrogens with one attached hydrogen (secondary N) is 1. The monoisotopic (exact) mass is 386 g/mol. The van der Waals surface area contributed by atoms with Gasteiger partial charge in [-0.25, -0.2) is 12.8 Å². The van der Waals surface area contributed by atoms with E-state index >= 15 is 0 Å². The van der Waals surface area contributed by atoms with Crippen LogP contribution in [0, 0.1) is 5.82 Å². The third kappa shape index (κ3) is 4.32. The van der Waals surface area contributed by atoms with E-state index in [2.05, 4.69) is 5.32 Å². The molecule has 27 heavy (non-hydrogen) atoms. The highest BCUT2D eigenvalue weighted by Gasteiger charge is 2.23. The zero-order valence-corrected chi connectivity index (χ0v) is 15.5. The summed E-state index contributed by atoms with van der Waals surface area (Å²) in [6, 6.07) is 18.4. The molecule has 0 aromatic heterocycles. The predicted octanol–water partition coefficient (Wildman–Crippen LogP) is 2.92. The Hall–Kier alpha value is -2.77. The average Bonchev–Trinajstić information content (AvgIpc) is 2.67. The highest BCUT2D eigenvalue weighted by atomic mass is 32.2. The van der Waals surface area contributed by atoms with Crippen LogP contribution in [0.3, 0.4) is 0 Å². The van der Waals surface area contributed by atoms with Crippen molar-refractivity contribution in [2.45, 2.75) is 11.4 Å². The largest absolute Gasteiger partial charge is 0.351 e. The van der Waals surface area contributed by atoms with Crippen LogP contribution in [0.2, 0.25) is 0 Å². The van der Waals surface area contributed by atoms with Gasteiger partial charge in [-0.3, -0.25) is 4.79 Å². The second kappa shape index (κ2) is 7.85. The molecule has 140 valence electrons. The van der Waals surface area contributed by atoms with Gasteiger partial charge in [0.1, 0.15) is 5.82 Å². The van der Waals surface area contributed by atoms with E-state index in [9.17, 15) is 17.6 Å². The van der Waals surface area contributed by atoms with Crippen LogP contribution >= 0.6 is 0 Å². The molecule has 0 unspecified atom stereocenters. The fourth-order valence-electron chi connectivity index (χ4n) is 2.69. The van der Waals surface area contributed by atoms with Crippen LogP contribution in [0.15, 0.2) is 71.6 Å². The highest BCUT2D eigenvalue weighted by Crippen LogP contribution is 2.21. The van der Waals surface area contributed by atoms with E-state index in [1.165, 1.54) is 19.2 Å². The summed E-state index contributed by atoms with van der Waals surface area (Å²) in [5.74, 6) is -0.931. The van der Waals surface area contributed by atoms with Gasteiger partial charge < -0.3 is 5.32 Å². The molecule has 0 heterocycles. The van der Waals surface area contributed by atoms with Crippen LogP contribution in [0.1, 0.15) is 5.56 Å². The Morgan fingerprint density at radius 2 is 1.67 bits per heavy atom. The van der Waals surface area contributed by atoms with Crippen molar-refractivity contribution in [1.29, 1.82) is 0 Å². The molecule has 5 nitrogen and oxygen atoms in total. The van der Waals surface area contributed by atoms with Crippen LogP contribution in [-0.2, 0) is 21.4 Å². The van der Waals surface area contributed by atoms with Gasteiger partial charge in [-0.2, -0.15) is 4.31 Å². The Morgan fingerprint density at radius 3 is 2.41 bits per heavy atom. The molecule has 0 radical (unpaired) electrons. The van der Waals surface area contributed by atoms with Gasteiger partial charge in [-0.05, 0) is 29.0 Å². The summed E-state index contributed by atoms with van der Waals surface area (Å²) >= 11 is 0. The first kappa shape index (κ1) is 19.0. The molecule has 3 rings (SSSR count). The summed E-state index contributed by atoms with van der Waals surface area (Å²) in [6.45, 7) is -0.362. The van der Waals surface area contributed by atoms with Gasteiger partial charge >= 0.3 is 0 Å². The number of carbonyl (C=O) groups is 1. The van der Waals surface area contributed by atoms with Crippen LogP contribution < -0.4 is 5.32 Å². The lowest BCUT2D eigenvalue weighted by Gasteiger charge is -2.17. The van der Waals surface area contributed by atoms with Crippen molar-refractivity contribution in [3.8, 4) is 0 Å². The summed E-state index contributed by atoms with van der Waals surface area (Å²) in [5.41, 5.74) is 0.339. The Morgan fingerprint density at radius 1 is 1.00 bits per heavy atom. The predicted molar refractivity (Wildman–Crippen MR) is 102 cm³/mol. The Kier molecular flexibility index (Phi) is 5.53. The molecule has 0 aliphatic rings. The van der Waals surface area contributed by atoms with E-state index in [1.807, 2.05) is 24.3 Å². The summed E-state index contributed by atoms with van der Waals surface area (Å²) in [7, 11) is -2.48.